The van der Waals surface area contributed by atoms with Crippen molar-refractivity contribution in [1.29, 1.82) is 0 Å². The van der Waals surface area contributed by atoms with Crippen LogP contribution in [-0.2, 0) is 21.1 Å². The molecule has 0 aliphatic rings. The van der Waals surface area contributed by atoms with E-state index in [2.05, 4.69) is 20.6 Å². The Morgan fingerprint density at radius 2 is 2.20 bits per heavy atom. The monoisotopic (exact) mass is 304 g/mol. The summed E-state index contributed by atoms with van der Waals surface area (Å²) in [6, 6.07) is -1.87. The van der Waals surface area contributed by atoms with Crippen LogP contribution in [0, 0.1) is 0 Å². The van der Waals surface area contributed by atoms with E-state index in [9.17, 15) is 18.0 Å². The Balaban J connectivity index is 2.45. The number of carboxylic acid groups (broad SMARTS) is 1. The highest BCUT2D eigenvalue weighted by Crippen LogP contribution is 1.98. The van der Waals surface area contributed by atoms with Crippen LogP contribution in [0.4, 0.5) is 4.79 Å². The zero-order valence-corrected chi connectivity index (χ0v) is 11.6. The third-order valence-electron chi connectivity index (χ3n) is 2.34. The van der Waals surface area contributed by atoms with Gasteiger partial charge in [0.05, 0.1) is 12.1 Å². The normalized spacial score (nSPS) is 12.7. The molecule has 9 nitrogen and oxygen atoms in total. The standard InChI is InChI=1S/C10H16N4O5S/c1-20(18,19)3-2-12-10(17)14-8(9(15)16)4-7-5-11-6-13-7/h5-6,8H,2-4H2,1H3,(H,11,13)(H,15,16)(H2,12,14,17)/t8-/m1/s1. The quantitative estimate of drug-likeness (QED) is 0.496. The minimum atomic E-state index is -3.18. The van der Waals surface area contributed by atoms with Crippen LogP contribution in [0.2, 0.25) is 0 Å². The van der Waals surface area contributed by atoms with Crippen LogP contribution in [0.25, 0.3) is 0 Å². The lowest BCUT2D eigenvalue weighted by atomic mass is 10.2. The summed E-state index contributed by atoms with van der Waals surface area (Å²) in [4.78, 5) is 29.0. The zero-order valence-electron chi connectivity index (χ0n) is 10.8. The third-order valence-corrected chi connectivity index (χ3v) is 3.29. The Kier molecular flexibility index (Phi) is 5.50. The molecule has 0 radical (unpaired) electrons. The number of hydrogen-bond acceptors (Lipinski definition) is 5. The SMILES string of the molecule is CS(=O)(=O)CCNC(=O)N[C@H](Cc1cnc[nH]1)C(=O)O. The lowest BCUT2D eigenvalue weighted by Crippen LogP contribution is -2.48. The van der Waals surface area contributed by atoms with Gasteiger partial charge in [0.2, 0.25) is 0 Å². The second-order valence-corrected chi connectivity index (χ2v) is 6.46. The molecule has 0 aliphatic carbocycles. The van der Waals surface area contributed by atoms with E-state index in [0.29, 0.717) is 5.69 Å². The fourth-order valence-electron chi connectivity index (χ4n) is 1.38. The molecule has 0 saturated heterocycles. The number of aromatic nitrogens is 2. The number of carbonyl (C=O) groups is 2. The van der Waals surface area contributed by atoms with Gasteiger partial charge in [-0.2, -0.15) is 0 Å². The molecule has 0 aliphatic heterocycles. The lowest BCUT2D eigenvalue weighted by molar-refractivity contribution is -0.139. The Bertz CT molecular complexity index is 554. The highest BCUT2D eigenvalue weighted by atomic mass is 32.2. The molecular weight excluding hydrogens is 288 g/mol. The van der Waals surface area contributed by atoms with E-state index in [1.54, 1.807) is 0 Å². The van der Waals surface area contributed by atoms with E-state index in [0.717, 1.165) is 6.26 Å². The van der Waals surface area contributed by atoms with E-state index in [-0.39, 0.29) is 18.7 Å². The van der Waals surface area contributed by atoms with Crippen molar-refractivity contribution >= 4 is 21.8 Å². The van der Waals surface area contributed by atoms with E-state index < -0.39 is 27.9 Å². The topological polar surface area (TPSA) is 141 Å². The predicted molar refractivity (Wildman–Crippen MR) is 70.0 cm³/mol. The number of urea groups is 1. The lowest BCUT2D eigenvalue weighted by Gasteiger charge is -2.14. The number of imidazole rings is 1. The van der Waals surface area contributed by atoms with E-state index >= 15 is 0 Å². The third kappa shape index (κ3) is 6.18. The fraction of sp³-hybridized carbons (Fsp3) is 0.500. The summed E-state index contributed by atoms with van der Waals surface area (Å²) in [6.45, 7) is -0.0823. The van der Waals surface area contributed by atoms with E-state index in [4.69, 9.17) is 5.11 Å². The fourth-order valence-corrected chi connectivity index (χ4v) is 1.85. The van der Waals surface area contributed by atoms with Crippen LogP contribution in [0.1, 0.15) is 5.69 Å². The molecule has 112 valence electrons. The first-order chi connectivity index (χ1) is 9.28. The highest BCUT2D eigenvalue weighted by molar-refractivity contribution is 7.90. The Morgan fingerprint density at radius 3 is 2.70 bits per heavy atom. The van der Waals surface area contributed by atoms with Crippen LogP contribution < -0.4 is 10.6 Å². The summed E-state index contributed by atoms with van der Waals surface area (Å²) in [7, 11) is -3.18. The molecule has 0 saturated carbocycles. The number of rotatable bonds is 7. The molecule has 4 N–H and O–H groups in total. The maximum Gasteiger partial charge on any atom is 0.326 e. The predicted octanol–water partition coefficient (Wildman–Crippen LogP) is -1.25. The molecule has 0 spiro atoms. The maximum absolute atomic E-state index is 11.5. The number of carboxylic acids is 1. The molecule has 0 fully saturated rings. The van der Waals surface area contributed by atoms with Crippen molar-refractivity contribution in [3.8, 4) is 0 Å². The molecule has 1 rings (SSSR count). The summed E-state index contributed by atoms with van der Waals surface area (Å²) in [5, 5.41) is 13.5. The summed E-state index contributed by atoms with van der Waals surface area (Å²) in [5.41, 5.74) is 0.564. The van der Waals surface area contributed by atoms with Gasteiger partial charge in [-0.25, -0.2) is 23.0 Å². The Morgan fingerprint density at radius 1 is 1.50 bits per heavy atom. The number of sulfone groups is 1. The Labute approximate surface area is 115 Å². The number of nitrogens with one attached hydrogen (secondary N) is 3. The van der Waals surface area contributed by atoms with Crippen molar-refractivity contribution in [1.82, 2.24) is 20.6 Å². The van der Waals surface area contributed by atoms with Gasteiger partial charge in [0.25, 0.3) is 0 Å². The summed E-state index contributed by atoms with van der Waals surface area (Å²) < 4.78 is 21.8. The minimum Gasteiger partial charge on any atom is -0.480 e. The number of nitrogens with zero attached hydrogens (tertiary/aromatic N) is 1. The van der Waals surface area contributed by atoms with Gasteiger partial charge in [-0.15, -0.1) is 0 Å². The summed E-state index contributed by atoms with van der Waals surface area (Å²) >= 11 is 0. The molecular formula is C10H16N4O5S. The molecule has 1 aromatic rings. The molecule has 0 unspecified atom stereocenters. The van der Waals surface area contributed by atoms with Gasteiger partial charge >= 0.3 is 12.0 Å². The van der Waals surface area contributed by atoms with Crippen molar-refractivity contribution in [2.24, 2.45) is 0 Å². The molecule has 0 bridgehead atoms. The molecule has 0 aromatic carbocycles. The van der Waals surface area contributed by atoms with Crippen LogP contribution in [-0.4, -0.2) is 60.1 Å². The van der Waals surface area contributed by atoms with E-state index in [1.165, 1.54) is 12.5 Å². The van der Waals surface area contributed by atoms with E-state index in [1.807, 2.05) is 0 Å². The van der Waals surface area contributed by atoms with Crippen molar-refractivity contribution in [2.45, 2.75) is 12.5 Å². The number of aliphatic carboxylic acids is 1. The van der Waals surface area contributed by atoms with Gasteiger partial charge < -0.3 is 20.7 Å². The molecule has 10 heteroatoms. The van der Waals surface area contributed by atoms with Gasteiger partial charge in [0, 0.05) is 31.1 Å². The van der Waals surface area contributed by atoms with Gasteiger partial charge in [-0.05, 0) is 0 Å². The minimum absolute atomic E-state index is 0.0504. The first kappa shape index (κ1) is 16.0. The van der Waals surface area contributed by atoms with Crippen molar-refractivity contribution in [3.63, 3.8) is 0 Å². The Hall–Kier alpha value is -2.10. The number of H-pyrrole nitrogens is 1. The van der Waals surface area contributed by atoms with Crippen LogP contribution in [0.15, 0.2) is 12.5 Å². The first-order valence-corrected chi connectivity index (χ1v) is 7.76. The molecule has 2 amide bonds. The average Bonchev–Trinajstić information content (AvgIpc) is 2.79. The van der Waals surface area contributed by atoms with Crippen LogP contribution >= 0.6 is 0 Å². The van der Waals surface area contributed by atoms with Gasteiger partial charge in [-0.3, -0.25) is 0 Å². The van der Waals surface area contributed by atoms with Gasteiger partial charge in [0.15, 0.2) is 0 Å². The highest BCUT2D eigenvalue weighted by Gasteiger charge is 2.20. The number of amides is 2. The number of carbonyl (C=O) groups excluding carboxylic acids is 1. The molecule has 1 heterocycles. The van der Waals surface area contributed by atoms with Crippen molar-refractivity contribution in [3.05, 3.63) is 18.2 Å². The van der Waals surface area contributed by atoms with Crippen LogP contribution in [0.3, 0.4) is 0 Å². The van der Waals surface area contributed by atoms with Crippen LogP contribution in [0.5, 0.6) is 0 Å². The number of aromatic amines is 1. The number of hydrogen-bond donors (Lipinski definition) is 4. The second kappa shape index (κ2) is 6.89. The summed E-state index contributed by atoms with van der Waals surface area (Å²) in [5.74, 6) is -1.41. The summed E-state index contributed by atoms with van der Waals surface area (Å²) in [6.07, 6.45) is 3.96. The molecule has 20 heavy (non-hydrogen) atoms. The van der Waals surface area contributed by atoms with Gasteiger partial charge in [0.1, 0.15) is 15.9 Å². The largest absolute Gasteiger partial charge is 0.480 e. The second-order valence-electron chi connectivity index (χ2n) is 4.20. The first-order valence-electron chi connectivity index (χ1n) is 5.70. The smallest absolute Gasteiger partial charge is 0.326 e. The molecule has 1 aromatic heterocycles. The average molecular weight is 304 g/mol. The van der Waals surface area contributed by atoms with Gasteiger partial charge in [-0.1, -0.05) is 0 Å². The molecule has 1 atom stereocenters. The zero-order chi connectivity index (χ0) is 15.2. The van der Waals surface area contributed by atoms with Crippen molar-refractivity contribution < 1.29 is 23.1 Å². The maximum atomic E-state index is 11.5. The van der Waals surface area contributed by atoms with Crippen molar-refractivity contribution in [2.75, 3.05) is 18.6 Å².